The maximum absolute atomic E-state index is 11.0. The van der Waals surface area contributed by atoms with Crippen LogP contribution >= 0.6 is 15.9 Å². The van der Waals surface area contributed by atoms with E-state index in [1.54, 1.807) is 16.8 Å². The summed E-state index contributed by atoms with van der Waals surface area (Å²) in [4.78, 5) is 10.6. The van der Waals surface area contributed by atoms with Gasteiger partial charge in [-0.2, -0.15) is 5.10 Å². The van der Waals surface area contributed by atoms with Gasteiger partial charge in [0.2, 0.25) is 0 Å². The number of anilines is 2. The van der Waals surface area contributed by atoms with Crippen molar-refractivity contribution in [3.63, 3.8) is 0 Å². The van der Waals surface area contributed by atoms with Gasteiger partial charge in [0.1, 0.15) is 5.69 Å². The smallest absolute Gasteiger partial charge is 0.293 e. The molecule has 0 aliphatic rings. The molecule has 0 saturated carbocycles. The van der Waals surface area contributed by atoms with Gasteiger partial charge in [-0.05, 0) is 18.6 Å². The van der Waals surface area contributed by atoms with E-state index in [2.05, 4.69) is 26.3 Å². The normalized spacial score (nSPS) is 10.5. The maximum Gasteiger partial charge on any atom is 0.293 e. The van der Waals surface area contributed by atoms with E-state index >= 15 is 0 Å². The van der Waals surface area contributed by atoms with E-state index in [0.29, 0.717) is 10.2 Å². The highest BCUT2D eigenvalue weighted by Gasteiger charge is 2.16. The number of nitrogens with one attached hydrogen (secondary N) is 1. The molecule has 19 heavy (non-hydrogen) atoms. The molecule has 7 heteroatoms. The second-order valence-corrected chi connectivity index (χ2v) is 4.98. The van der Waals surface area contributed by atoms with Crippen molar-refractivity contribution in [1.29, 1.82) is 0 Å². The van der Waals surface area contributed by atoms with Crippen LogP contribution in [0.4, 0.5) is 17.1 Å². The van der Waals surface area contributed by atoms with Crippen LogP contribution in [0.15, 0.2) is 28.9 Å². The van der Waals surface area contributed by atoms with E-state index < -0.39 is 4.92 Å². The van der Waals surface area contributed by atoms with Crippen molar-refractivity contribution in [2.75, 3.05) is 5.32 Å². The minimum Gasteiger partial charge on any atom is -0.347 e. The molecule has 0 unspecified atom stereocenters. The van der Waals surface area contributed by atoms with E-state index in [1.807, 2.05) is 20.2 Å². The molecule has 1 aromatic heterocycles. The number of halogens is 1. The molecular formula is C12H13BrN4O2. The van der Waals surface area contributed by atoms with Gasteiger partial charge >= 0.3 is 0 Å². The molecule has 0 aliphatic carbocycles. The summed E-state index contributed by atoms with van der Waals surface area (Å²) in [6.45, 7) is 1.99. The highest BCUT2D eigenvalue weighted by molar-refractivity contribution is 9.10. The van der Waals surface area contributed by atoms with Crippen molar-refractivity contribution < 1.29 is 4.92 Å². The zero-order chi connectivity index (χ0) is 14.0. The van der Waals surface area contributed by atoms with E-state index in [9.17, 15) is 10.1 Å². The van der Waals surface area contributed by atoms with Gasteiger partial charge < -0.3 is 5.32 Å². The maximum atomic E-state index is 11.0. The predicted molar refractivity (Wildman–Crippen MR) is 76.7 cm³/mol. The lowest BCUT2D eigenvalue weighted by Crippen LogP contribution is -1.98. The Morgan fingerprint density at radius 2 is 2.21 bits per heavy atom. The molecular weight excluding hydrogens is 312 g/mol. The number of hydrogen-bond donors (Lipinski definition) is 1. The Hall–Kier alpha value is -1.89. The quantitative estimate of drug-likeness (QED) is 0.691. The standard InChI is InChI=1S/C12H13BrN4O2/c1-3-9-11(7-16(2)15-9)14-10-5-4-8(13)6-12(10)17(18)19/h4-7,14H,3H2,1-2H3. The summed E-state index contributed by atoms with van der Waals surface area (Å²) in [5, 5.41) is 18.4. The number of nitrogens with zero attached hydrogens (tertiary/aromatic N) is 3. The Balaban J connectivity index is 2.40. The van der Waals surface area contributed by atoms with Crippen LogP contribution in [0.3, 0.4) is 0 Å². The van der Waals surface area contributed by atoms with Gasteiger partial charge in [0.25, 0.3) is 5.69 Å². The summed E-state index contributed by atoms with van der Waals surface area (Å²) in [5.74, 6) is 0. The van der Waals surface area contributed by atoms with Crippen LogP contribution in [0.25, 0.3) is 0 Å². The van der Waals surface area contributed by atoms with Gasteiger partial charge in [0, 0.05) is 23.8 Å². The van der Waals surface area contributed by atoms with Gasteiger partial charge in [0.05, 0.1) is 16.3 Å². The van der Waals surface area contributed by atoms with Crippen molar-refractivity contribution in [2.24, 2.45) is 7.05 Å². The second-order valence-electron chi connectivity index (χ2n) is 4.06. The first kappa shape index (κ1) is 13.5. The third-order valence-corrected chi connectivity index (χ3v) is 3.16. The fourth-order valence-electron chi connectivity index (χ4n) is 1.81. The van der Waals surface area contributed by atoms with Gasteiger partial charge in [-0.1, -0.05) is 22.9 Å². The number of nitro benzene ring substituents is 1. The lowest BCUT2D eigenvalue weighted by molar-refractivity contribution is -0.384. The van der Waals surface area contributed by atoms with Crippen LogP contribution in [-0.2, 0) is 13.5 Å². The van der Waals surface area contributed by atoms with Gasteiger partial charge in [0.15, 0.2) is 0 Å². The Bertz CT molecular complexity index is 624. The topological polar surface area (TPSA) is 73.0 Å². The number of aromatic nitrogens is 2. The molecule has 0 amide bonds. The number of rotatable bonds is 4. The predicted octanol–water partition coefficient (Wildman–Crippen LogP) is 3.40. The lowest BCUT2D eigenvalue weighted by atomic mass is 10.2. The molecule has 0 spiro atoms. The van der Waals surface area contributed by atoms with Crippen LogP contribution in [0.1, 0.15) is 12.6 Å². The molecule has 0 aliphatic heterocycles. The summed E-state index contributed by atoms with van der Waals surface area (Å²) in [5.41, 5.74) is 2.14. The SMILES string of the molecule is CCc1nn(C)cc1Nc1ccc(Br)cc1[N+](=O)[O-]. The molecule has 0 fully saturated rings. The van der Waals surface area contributed by atoms with Crippen LogP contribution < -0.4 is 5.32 Å². The van der Waals surface area contributed by atoms with Crippen molar-refractivity contribution in [3.05, 3.63) is 44.7 Å². The van der Waals surface area contributed by atoms with Crippen LogP contribution in [0, 0.1) is 10.1 Å². The first-order valence-electron chi connectivity index (χ1n) is 5.74. The molecule has 6 nitrogen and oxygen atoms in total. The zero-order valence-electron chi connectivity index (χ0n) is 10.6. The van der Waals surface area contributed by atoms with Crippen molar-refractivity contribution in [3.8, 4) is 0 Å². The molecule has 0 saturated heterocycles. The molecule has 0 bridgehead atoms. The average Bonchev–Trinajstić information content (AvgIpc) is 2.71. The van der Waals surface area contributed by atoms with E-state index in [0.717, 1.165) is 17.8 Å². The largest absolute Gasteiger partial charge is 0.347 e. The molecule has 2 rings (SSSR count). The summed E-state index contributed by atoms with van der Waals surface area (Å²) in [6.07, 6.45) is 2.57. The Morgan fingerprint density at radius 3 is 2.84 bits per heavy atom. The average molecular weight is 325 g/mol. The van der Waals surface area contributed by atoms with Crippen LogP contribution in [0.2, 0.25) is 0 Å². The molecule has 1 heterocycles. The Kier molecular flexibility index (Phi) is 3.84. The fraction of sp³-hybridized carbons (Fsp3) is 0.250. The highest BCUT2D eigenvalue weighted by atomic mass is 79.9. The van der Waals surface area contributed by atoms with E-state index in [1.165, 1.54) is 6.07 Å². The monoisotopic (exact) mass is 324 g/mol. The molecule has 1 N–H and O–H groups in total. The first-order valence-corrected chi connectivity index (χ1v) is 6.54. The van der Waals surface area contributed by atoms with Crippen molar-refractivity contribution in [1.82, 2.24) is 9.78 Å². The fourth-order valence-corrected chi connectivity index (χ4v) is 2.16. The third-order valence-electron chi connectivity index (χ3n) is 2.67. The Labute approximate surface area is 118 Å². The number of benzene rings is 1. The van der Waals surface area contributed by atoms with Crippen molar-refractivity contribution in [2.45, 2.75) is 13.3 Å². The summed E-state index contributed by atoms with van der Waals surface area (Å²) < 4.78 is 2.36. The molecule has 1 aromatic carbocycles. The number of aryl methyl sites for hydroxylation is 2. The van der Waals surface area contributed by atoms with Crippen LogP contribution in [-0.4, -0.2) is 14.7 Å². The van der Waals surface area contributed by atoms with E-state index in [-0.39, 0.29) is 5.69 Å². The van der Waals surface area contributed by atoms with Crippen LogP contribution in [0.5, 0.6) is 0 Å². The first-order chi connectivity index (χ1) is 9.01. The Morgan fingerprint density at radius 1 is 1.47 bits per heavy atom. The minimum absolute atomic E-state index is 0.0280. The van der Waals surface area contributed by atoms with E-state index in [4.69, 9.17) is 0 Å². The third kappa shape index (κ3) is 2.93. The van der Waals surface area contributed by atoms with Gasteiger partial charge in [-0.3, -0.25) is 14.8 Å². The second kappa shape index (κ2) is 5.40. The summed E-state index contributed by atoms with van der Waals surface area (Å²) >= 11 is 3.23. The van der Waals surface area contributed by atoms with Crippen molar-refractivity contribution >= 4 is 33.0 Å². The lowest BCUT2D eigenvalue weighted by Gasteiger charge is -2.06. The van der Waals surface area contributed by atoms with Gasteiger partial charge in [-0.25, -0.2) is 0 Å². The molecule has 100 valence electrons. The molecule has 2 aromatic rings. The number of hydrogen-bond acceptors (Lipinski definition) is 4. The molecule has 0 atom stereocenters. The minimum atomic E-state index is -0.408. The summed E-state index contributed by atoms with van der Waals surface area (Å²) in [6, 6.07) is 4.91. The number of nitro groups is 1. The molecule has 0 radical (unpaired) electrons. The highest BCUT2D eigenvalue weighted by Crippen LogP contribution is 2.31. The van der Waals surface area contributed by atoms with Gasteiger partial charge in [-0.15, -0.1) is 0 Å². The summed E-state index contributed by atoms with van der Waals surface area (Å²) in [7, 11) is 1.82. The zero-order valence-corrected chi connectivity index (χ0v) is 12.1.